The Labute approximate surface area is 229 Å². The minimum Gasteiger partial charge on any atom is -0.481 e. The molecule has 1 heterocycles. The van der Waals surface area contributed by atoms with E-state index in [0.29, 0.717) is 12.8 Å². The molecule has 0 radical (unpaired) electrons. The number of likely N-dealkylation sites (tertiary alicyclic amines) is 1. The van der Waals surface area contributed by atoms with Crippen LogP contribution in [0.2, 0.25) is 0 Å². The molecule has 1 rings (SSSR count). The van der Waals surface area contributed by atoms with Crippen molar-refractivity contribution in [2.24, 2.45) is 17.4 Å². The Hall–Kier alpha value is -4.28. The molecule has 0 aromatic rings. The SMILES string of the molecule is CC(C)[C@H](NC(=O)CNC(=O)[C@H](CCC(N)=O)NC(=O)[C@@H](N)CC(=O)O)C(=O)N1CCC[C@H]1C(=O)NCC(=O)O. The number of amides is 6. The quantitative estimate of drug-likeness (QED) is 0.0883. The van der Waals surface area contributed by atoms with E-state index in [1.807, 2.05) is 0 Å². The minimum atomic E-state index is -1.47. The van der Waals surface area contributed by atoms with Crippen molar-refractivity contribution in [2.45, 2.75) is 70.1 Å². The van der Waals surface area contributed by atoms with E-state index in [2.05, 4.69) is 21.3 Å². The summed E-state index contributed by atoms with van der Waals surface area (Å²) in [5.41, 5.74) is 10.6. The van der Waals surface area contributed by atoms with E-state index in [1.54, 1.807) is 13.8 Å². The third-order valence-electron chi connectivity index (χ3n) is 5.97. The summed E-state index contributed by atoms with van der Waals surface area (Å²) in [7, 11) is 0. The van der Waals surface area contributed by atoms with E-state index < -0.39 is 97.0 Å². The van der Waals surface area contributed by atoms with Gasteiger partial charge < -0.3 is 47.8 Å². The molecular weight excluding hydrogens is 534 g/mol. The van der Waals surface area contributed by atoms with Crippen LogP contribution in [-0.2, 0) is 38.4 Å². The Morgan fingerprint density at radius 1 is 0.925 bits per heavy atom. The first-order valence-corrected chi connectivity index (χ1v) is 12.6. The Kier molecular flexibility index (Phi) is 13.5. The van der Waals surface area contributed by atoms with Crippen molar-refractivity contribution in [3.63, 3.8) is 0 Å². The van der Waals surface area contributed by atoms with Crippen LogP contribution < -0.4 is 32.7 Å². The number of primary amides is 1. The van der Waals surface area contributed by atoms with Gasteiger partial charge in [0.15, 0.2) is 0 Å². The number of hydrogen-bond acceptors (Lipinski definition) is 9. The Bertz CT molecular complexity index is 1000. The summed E-state index contributed by atoms with van der Waals surface area (Å²) in [4.78, 5) is 97.0. The van der Waals surface area contributed by atoms with Crippen LogP contribution in [0.5, 0.6) is 0 Å². The number of nitrogens with zero attached hydrogens (tertiary/aromatic N) is 1. The topological polar surface area (TPSA) is 280 Å². The molecule has 1 aliphatic heterocycles. The van der Waals surface area contributed by atoms with Crippen LogP contribution in [0.25, 0.3) is 0 Å². The molecule has 1 aliphatic rings. The van der Waals surface area contributed by atoms with Crippen molar-refractivity contribution >= 4 is 47.4 Å². The van der Waals surface area contributed by atoms with Crippen molar-refractivity contribution in [3.8, 4) is 0 Å². The maximum absolute atomic E-state index is 13.2. The van der Waals surface area contributed by atoms with Gasteiger partial charge in [0.1, 0.15) is 24.7 Å². The zero-order valence-electron chi connectivity index (χ0n) is 22.3. The Balaban J connectivity index is 2.82. The van der Waals surface area contributed by atoms with Crippen LogP contribution in [-0.4, -0.2) is 106 Å². The molecule has 1 fully saturated rings. The highest BCUT2D eigenvalue weighted by Gasteiger charge is 2.38. The standard InChI is InChI=1S/C23H37N7O10/c1-11(2)19(23(40)30-7-3-4-14(30)22(39)27-10-18(35)36)29-16(32)9-26-21(38)13(5-6-15(25)31)28-20(37)12(24)8-17(33)34/h11-14,19H,3-10,24H2,1-2H3,(H2,25,31)(H,26,38)(H,27,39)(H,28,37)(H,29,32)(H,33,34)(H,35,36)/t12-,13-,14-,19-/m0/s1. The van der Waals surface area contributed by atoms with E-state index in [-0.39, 0.29) is 19.4 Å². The first-order chi connectivity index (χ1) is 18.6. The summed E-state index contributed by atoms with van der Waals surface area (Å²) in [6.45, 7) is 2.32. The highest BCUT2D eigenvalue weighted by Crippen LogP contribution is 2.20. The molecule has 0 aromatic heterocycles. The molecule has 17 nitrogen and oxygen atoms in total. The van der Waals surface area contributed by atoms with Crippen LogP contribution >= 0.6 is 0 Å². The van der Waals surface area contributed by atoms with Gasteiger partial charge in [-0.2, -0.15) is 0 Å². The van der Waals surface area contributed by atoms with Crippen LogP contribution in [0.15, 0.2) is 0 Å². The lowest BCUT2D eigenvalue weighted by Gasteiger charge is -2.30. The van der Waals surface area contributed by atoms with Crippen molar-refractivity contribution in [1.29, 1.82) is 0 Å². The van der Waals surface area contributed by atoms with Gasteiger partial charge >= 0.3 is 11.9 Å². The van der Waals surface area contributed by atoms with Crippen molar-refractivity contribution in [2.75, 3.05) is 19.6 Å². The second-order valence-corrected chi connectivity index (χ2v) is 9.58. The first-order valence-electron chi connectivity index (χ1n) is 12.6. The average molecular weight is 572 g/mol. The van der Waals surface area contributed by atoms with Gasteiger partial charge in [-0.25, -0.2) is 0 Å². The molecule has 4 atom stereocenters. The van der Waals surface area contributed by atoms with Crippen LogP contribution in [0.4, 0.5) is 0 Å². The average Bonchev–Trinajstić information content (AvgIpc) is 3.35. The van der Waals surface area contributed by atoms with Crippen molar-refractivity contribution in [3.05, 3.63) is 0 Å². The van der Waals surface area contributed by atoms with Gasteiger partial charge in [-0.15, -0.1) is 0 Å². The maximum atomic E-state index is 13.2. The Morgan fingerprint density at radius 3 is 2.12 bits per heavy atom. The van der Waals surface area contributed by atoms with Crippen LogP contribution in [0, 0.1) is 5.92 Å². The number of aliphatic carboxylic acids is 2. The molecule has 0 aromatic carbocycles. The van der Waals surface area contributed by atoms with Gasteiger partial charge in [0.25, 0.3) is 0 Å². The smallest absolute Gasteiger partial charge is 0.322 e. The van der Waals surface area contributed by atoms with E-state index in [1.165, 1.54) is 4.90 Å². The fourth-order valence-corrected chi connectivity index (χ4v) is 3.91. The zero-order chi connectivity index (χ0) is 30.6. The number of nitrogens with two attached hydrogens (primary N) is 2. The van der Waals surface area contributed by atoms with Gasteiger partial charge in [-0.05, 0) is 25.2 Å². The highest BCUT2D eigenvalue weighted by atomic mass is 16.4. The number of carboxylic acid groups (broad SMARTS) is 2. The maximum Gasteiger partial charge on any atom is 0.322 e. The number of nitrogens with one attached hydrogen (secondary N) is 4. The first kappa shape index (κ1) is 33.7. The fourth-order valence-electron chi connectivity index (χ4n) is 3.91. The predicted molar refractivity (Wildman–Crippen MR) is 136 cm³/mol. The van der Waals surface area contributed by atoms with Gasteiger partial charge in [0, 0.05) is 13.0 Å². The second-order valence-electron chi connectivity index (χ2n) is 9.58. The second kappa shape index (κ2) is 16.0. The summed E-state index contributed by atoms with van der Waals surface area (Å²) < 4.78 is 0. The molecule has 224 valence electrons. The van der Waals surface area contributed by atoms with Gasteiger partial charge in [0.05, 0.1) is 19.0 Å². The Morgan fingerprint density at radius 2 is 1.57 bits per heavy atom. The monoisotopic (exact) mass is 571 g/mol. The predicted octanol–water partition coefficient (Wildman–Crippen LogP) is -4.01. The number of carbonyl (C=O) groups is 8. The van der Waals surface area contributed by atoms with E-state index in [9.17, 15) is 38.4 Å². The number of hydrogen-bond donors (Lipinski definition) is 8. The van der Waals surface area contributed by atoms with E-state index in [4.69, 9.17) is 21.7 Å². The molecular formula is C23H37N7O10. The molecule has 17 heteroatoms. The molecule has 0 saturated carbocycles. The molecule has 10 N–H and O–H groups in total. The third-order valence-corrected chi connectivity index (χ3v) is 5.97. The summed E-state index contributed by atoms with van der Waals surface area (Å²) in [5.74, 6) is -7.56. The van der Waals surface area contributed by atoms with Crippen molar-refractivity contribution < 1.29 is 48.6 Å². The van der Waals surface area contributed by atoms with Gasteiger partial charge in [0.2, 0.25) is 35.4 Å². The largest absolute Gasteiger partial charge is 0.481 e. The summed E-state index contributed by atoms with van der Waals surface area (Å²) >= 11 is 0. The third kappa shape index (κ3) is 11.2. The van der Waals surface area contributed by atoms with E-state index in [0.717, 1.165) is 0 Å². The normalized spacial score (nSPS) is 16.8. The summed E-state index contributed by atoms with van der Waals surface area (Å²) in [6, 6.07) is -4.79. The molecule has 40 heavy (non-hydrogen) atoms. The fraction of sp³-hybridized carbons (Fsp3) is 0.652. The number of carboxylic acids is 2. The highest BCUT2D eigenvalue weighted by molar-refractivity contribution is 5.95. The lowest BCUT2D eigenvalue weighted by atomic mass is 10.0. The molecule has 0 spiro atoms. The minimum absolute atomic E-state index is 0.227. The van der Waals surface area contributed by atoms with Crippen molar-refractivity contribution in [1.82, 2.24) is 26.2 Å². The van der Waals surface area contributed by atoms with E-state index >= 15 is 0 Å². The van der Waals surface area contributed by atoms with Crippen LogP contribution in [0.3, 0.4) is 0 Å². The van der Waals surface area contributed by atoms with Crippen LogP contribution in [0.1, 0.15) is 46.0 Å². The lowest BCUT2D eigenvalue weighted by Crippen LogP contribution is -2.57. The number of carbonyl (C=O) groups excluding carboxylic acids is 6. The number of rotatable bonds is 16. The van der Waals surface area contributed by atoms with Gasteiger partial charge in [-0.1, -0.05) is 13.8 Å². The molecule has 1 saturated heterocycles. The lowest BCUT2D eigenvalue weighted by molar-refractivity contribution is -0.143. The molecule has 0 bridgehead atoms. The molecule has 0 unspecified atom stereocenters. The summed E-state index contributed by atoms with van der Waals surface area (Å²) in [6.07, 6.45) is -0.440. The zero-order valence-corrected chi connectivity index (χ0v) is 22.3. The molecule has 0 aliphatic carbocycles. The molecule has 6 amide bonds. The van der Waals surface area contributed by atoms with Gasteiger partial charge in [-0.3, -0.25) is 38.4 Å². The summed E-state index contributed by atoms with van der Waals surface area (Å²) in [5, 5.41) is 26.8.